The van der Waals surface area contributed by atoms with E-state index in [0.717, 1.165) is 6.42 Å². The van der Waals surface area contributed by atoms with Crippen molar-refractivity contribution in [2.45, 2.75) is 26.4 Å². The molecule has 14 heavy (non-hydrogen) atoms. The molecule has 0 saturated carbocycles. The summed E-state index contributed by atoms with van der Waals surface area (Å²) >= 11 is 0. The van der Waals surface area contributed by atoms with Crippen LogP contribution in [0.15, 0.2) is 0 Å². The van der Waals surface area contributed by atoms with Crippen LogP contribution in [0.25, 0.3) is 0 Å². The molecule has 0 aromatic heterocycles. The first-order valence-corrected chi connectivity index (χ1v) is 5.14. The number of ether oxygens (including phenoxy) is 1. The third kappa shape index (κ3) is 3.27. The van der Waals surface area contributed by atoms with Crippen LogP contribution in [-0.4, -0.2) is 36.9 Å². The lowest BCUT2D eigenvalue weighted by Gasteiger charge is -2.27. The zero-order valence-electron chi connectivity index (χ0n) is 8.82. The average Bonchev–Trinajstić information content (AvgIpc) is 2.15. The molecular weight excluding hydrogens is 182 g/mol. The van der Waals surface area contributed by atoms with E-state index in [2.05, 4.69) is 5.32 Å². The van der Waals surface area contributed by atoms with Gasteiger partial charge < -0.3 is 15.2 Å². The standard InChI is InChI=1S/C10H19NO3/c1-7-6-14-4-3-9(7)10(13)11-5-8(2)12/h7-9,12H,3-6H2,1-2H3,(H,11,13)/t7?,8-,9?/m1/s1. The van der Waals surface area contributed by atoms with Crippen LogP contribution in [0, 0.1) is 11.8 Å². The van der Waals surface area contributed by atoms with Gasteiger partial charge in [0, 0.05) is 25.7 Å². The number of hydrogen-bond donors (Lipinski definition) is 2. The van der Waals surface area contributed by atoms with Gasteiger partial charge in [0.15, 0.2) is 0 Å². The van der Waals surface area contributed by atoms with Crippen molar-refractivity contribution in [3.05, 3.63) is 0 Å². The van der Waals surface area contributed by atoms with E-state index in [0.29, 0.717) is 19.8 Å². The molecule has 0 radical (unpaired) electrons. The van der Waals surface area contributed by atoms with Gasteiger partial charge in [-0.25, -0.2) is 0 Å². The van der Waals surface area contributed by atoms with Crippen molar-refractivity contribution in [3.8, 4) is 0 Å². The highest BCUT2D eigenvalue weighted by Gasteiger charge is 2.28. The van der Waals surface area contributed by atoms with Gasteiger partial charge in [-0.1, -0.05) is 6.92 Å². The number of aliphatic hydroxyl groups is 1. The highest BCUT2D eigenvalue weighted by molar-refractivity contribution is 5.79. The van der Waals surface area contributed by atoms with Crippen LogP contribution in [0.5, 0.6) is 0 Å². The minimum Gasteiger partial charge on any atom is -0.392 e. The highest BCUT2D eigenvalue weighted by atomic mass is 16.5. The third-order valence-electron chi connectivity index (χ3n) is 2.55. The third-order valence-corrected chi connectivity index (χ3v) is 2.55. The zero-order chi connectivity index (χ0) is 10.6. The van der Waals surface area contributed by atoms with Crippen molar-refractivity contribution in [1.29, 1.82) is 0 Å². The predicted molar refractivity (Wildman–Crippen MR) is 52.8 cm³/mol. The van der Waals surface area contributed by atoms with Crippen LogP contribution in [0.3, 0.4) is 0 Å². The van der Waals surface area contributed by atoms with E-state index in [4.69, 9.17) is 9.84 Å². The van der Waals surface area contributed by atoms with Crippen LogP contribution in [-0.2, 0) is 9.53 Å². The second kappa shape index (κ2) is 5.32. The second-order valence-corrected chi connectivity index (χ2v) is 4.04. The first-order valence-electron chi connectivity index (χ1n) is 5.14. The second-order valence-electron chi connectivity index (χ2n) is 4.04. The summed E-state index contributed by atoms with van der Waals surface area (Å²) in [5, 5.41) is 11.8. The van der Waals surface area contributed by atoms with E-state index in [9.17, 15) is 4.79 Å². The monoisotopic (exact) mass is 201 g/mol. The molecule has 1 aliphatic heterocycles. The summed E-state index contributed by atoms with van der Waals surface area (Å²) in [6.07, 6.45) is 0.307. The molecular formula is C10H19NO3. The summed E-state index contributed by atoms with van der Waals surface area (Å²) < 4.78 is 5.26. The van der Waals surface area contributed by atoms with Crippen molar-refractivity contribution in [2.75, 3.05) is 19.8 Å². The van der Waals surface area contributed by atoms with Crippen LogP contribution in [0.2, 0.25) is 0 Å². The Bertz CT molecular complexity index is 194. The number of amides is 1. The Morgan fingerprint density at radius 2 is 2.43 bits per heavy atom. The van der Waals surface area contributed by atoms with Gasteiger partial charge in [0.2, 0.25) is 5.91 Å². The summed E-state index contributed by atoms with van der Waals surface area (Å²) in [6.45, 7) is 5.34. The van der Waals surface area contributed by atoms with E-state index in [1.165, 1.54) is 0 Å². The number of carbonyl (C=O) groups is 1. The normalized spacial score (nSPS) is 29.6. The van der Waals surface area contributed by atoms with Gasteiger partial charge in [-0.05, 0) is 19.3 Å². The Labute approximate surface area is 84.6 Å². The quantitative estimate of drug-likeness (QED) is 0.683. The molecule has 4 nitrogen and oxygen atoms in total. The summed E-state index contributed by atoms with van der Waals surface area (Å²) in [5.41, 5.74) is 0. The smallest absolute Gasteiger partial charge is 0.223 e. The molecule has 1 rings (SSSR count). The van der Waals surface area contributed by atoms with Gasteiger partial charge in [0.25, 0.3) is 0 Å². The van der Waals surface area contributed by atoms with Crippen molar-refractivity contribution in [3.63, 3.8) is 0 Å². The molecule has 0 bridgehead atoms. The van der Waals surface area contributed by atoms with E-state index in [1.807, 2.05) is 6.92 Å². The molecule has 1 heterocycles. The molecule has 0 aromatic rings. The lowest BCUT2D eigenvalue weighted by molar-refractivity contribution is -0.131. The number of carbonyl (C=O) groups excluding carboxylic acids is 1. The van der Waals surface area contributed by atoms with Gasteiger partial charge in [-0.15, -0.1) is 0 Å². The maximum Gasteiger partial charge on any atom is 0.223 e. The molecule has 2 unspecified atom stereocenters. The summed E-state index contributed by atoms with van der Waals surface area (Å²) in [7, 11) is 0. The lowest BCUT2D eigenvalue weighted by atomic mass is 9.89. The minimum atomic E-state index is -0.478. The number of hydrogen-bond acceptors (Lipinski definition) is 3. The van der Waals surface area contributed by atoms with Crippen LogP contribution >= 0.6 is 0 Å². The van der Waals surface area contributed by atoms with Crippen molar-refractivity contribution in [2.24, 2.45) is 11.8 Å². The topological polar surface area (TPSA) is 58.6 Å². The highest BCUT2D eigenvalue weighted by Crippen LogP contribution is 2.21. The fraction of sp³-hybridized carbons (Fsp3) is 0.900. The lowest BCUT2D eigenvalue weighted by Crippen LogP contribution is -2.41. The molecule has 1 amide bonds. The number of aliphatic hydroxyl groups excluding tert-OH is 1. The van der Waals surface area contributed by atoms with Gasteiger partial charge in [-0.2, -0.15) is 0 Å². The number of rotatable bonds is 3. The fourth-order valence-corrected chi connectivity index (χ4v) is 1.65. The van der Waals surface area contributed by atoms with E-state index < -0.39 is 6.10 Å². The van der Waals surface area contributed by atoms with Crippen LogP contribution in [0.1, 0.15) is 20.3 Å². The first-order chi connectivity index (χ1) is 6.61. The van der Waals surface area contributed by atoms with E-state index in [1.54, 1.807) is 6.92 Å². The Morgan fingerprint density at radius 1 is 1.71 bits per heavy atom. The predicted octanol–water partition coefficient (Wildman–Crippen LogP) is 0.156. The Kier molecular flexibility index (Phi) is 4.35. The Morgan fingerprint density at radius 3 is 3.00 bits per heavy atom. The molecule has 82 valence electrons. The summed E-state index contributed by atoms with van der Waals surface area (Å²) in [4.78, 5) is 11.6. The molecule has 0 aromatic carbocycles. The molecule has 1 fully saturated rings. The van der Waals surface area contributed by atoms with E-state index in [-0.39, 0.29) is 17.7 Å². The van der Waals surface area contributed by atoms with Gasteiger partial charge in [0.1, 0.15) is 0 Å². The fourth-order valence-electron chi connectivity index (χ4n) is 1.65. The summed E-state index contributed by atoms with van der Waals surface area (Å²) in [5.74, 6) is 0.363. The number of nitrogens with one attached hydrogen (secondary N) is 1. The van der Waals surface area contributed by atoms with Gasteiger partial charge >= 0.3 is 0 Å². The van der Waals surface area contributed by atoms with Crippen molar-refractivity contribution >= 4 is 5.91 Å². The van der Waals surface area contributed by atoms with Crippen molar-refractivity contribution < 1.29 is 14.6 Å². The molecule has 2 N–H and O–H groups in total. The average molecular weight is 201 g/mol. The van der Waals surface area contributed by atoms with Gasteiger partial charge in [0.05, 0.1) is 6.10 Å². The maximum absolute atomic E-state index is 11.6. The Hall–Kier alpha value is -0.610. The SMILES string of the molecule is CC1COCCC1C(=O)NC[C@@H](C)O. The largest absolute Gasteiger partial charge is 0.392 e. The molecule has 3 atom stereocenters. The van der Waals surface area contributed by atoms with Crippen molar-refractivity contribution in [1.82, 2.24) is 5.32 Å². The molecule has 1 aliphatic rings. The Balaban J connectivity index is 2.34. The zero-order valence-corrected chi connectivity index (χ0v) is 8.82. The first kappa shape index (κ1) is 11.5. The molecule has 1 saturated heterocycles. The minimum absolute atomic E-state index is 0.0432. The van der Waals surface area contributed by atoms with Crippen LogP contribution < -0.4 is 5.32 Å². The molecule has 0 spiro atoms. The van der Waals surface area contributed by atoms with Crippen LogP contribution in [0.4, 0.5) is 0 Å². The maximum atomic E-state index is 11.6. The summed E-state index contributed by atoms with van der Waals surface area (Å²) in [6, 6.07) is 0. The van der Waals surface area contributed by atoms with E-state index >= 15 is 0 Å². The van der Waals surface area contributed by atoms with Gasteiger partial charge in [-0.3, -0.25) is 4.79 Å². The molecule has 4 heteroatoms. The molecule has 0 aliphatic carbocycles.